The molecule has 1 fully saturated rings. The summed E-state index contributed by atoms with van der Waals surface area (Å²) < 4.78 is 0. The van der Waals surface area contributed by atoms with Gasteiger partial charge in [0.15, 0.2) is 0 Å². The minimum Gasteiger partial charge on any atom is -0.319 e. The molecule has 0 unspecified atom stereocenters. The molecular weight excluding hydrogens is 296 g/mol. The summed E-state index contributed by atoms with van der Waals surface area (Å²) in [5, 5.41) is 11.8. The van der Waals surface area contributed by atoms with Gasteiger partial charge < -0.3 is 4.90 Å². The molecule has 0 aliphatic carbocycles. The van der Waals surface area contributed by atoms with Crippen LogP contribution in [0.2, 0.25) is 0 Å². The zero-order valence-electron chi connectivity index (χ0n) is 12.7. The van der Waals surface area contributed by atoms with Gasteiger partial charge in [0.05, 0.1) is 10.6 Å². The predicted molar refractivity (Wildman–Crippen MR) is 87.6 cm³/mol. The number of hydrogen-bond donors (Lipinski definition) is 0. The van der Waals surface area contributed by atoms with Gasteiger partial charge in [-0.05, 0) is 12.5 Å². The maximum atomic E-state index is 12.6. The minimum absolute atomic E-state index is 0.0571. The Kier molecular flexibility index (Phi) is 3.69. The quantitative estimate of drug-likeness (QED) is 0.494. The van der Waals surface area contributed by atoms with E-state index in [-0.39, 0.29) is 11.7 Å². The molecule has 7 nitrogen and oxygen atoms in total. The van der Waals surface area contributed by atoms with E-state index in [2.05, 4.69) is 11.6 Å². The molecule has 1 saturated heterocycles. The fourth-order valence-electron chi connectivity index (χ4n) is 2.91. The first-order valence-electron chi connectivity index (χ1n) is 7.24. The standard InChI is InChI=1S/C16H16N4O3/c1-3-7-18-8-9-19(16(18)21)15-11(2)10-17-14-12(15)5-4-6-13(14)20(22)23/h3-6,10H,1,7-9H2,2H3. The van der Waals surface area contributed by atoms with E-state index in [4.69, 9.17) is 0 Å². The molecule has 7 heteroatoms. The van der Waals surface area contributed by atoms with E-state index >= 15 is 0 Å². The van der Waals surface area contributed by atoms with Crippen molar-refractivity contribution in [3.05, 3.63) is 52.7 Å². The number of fused-ring (bicyclic) bond motifs is 1. The van der Waals surface area contributed by atoms with Crippen LogP contribution < -0.4 is 4.90 Å². The monoisotopic (exact) mass is 312 g/mol. The summed E-state index contributed by atoms with van der Waals surface area (Å²) >= 11 is 0. The molecule has 2 amide bonds. The van der Waals surface area contributed by atoms with Gasteiger partial charge in [0.1, 0.15) is 5.52 Å². The molecule has 1 aromatic heterocycles. The maximum Gasteiger partial charge on any atom is 0.324 e. The third-order valence-electron chi connectivity index (χ3n) is 3.94. The number of aromatic nitrogens is 1. The highest BCUT2D eigenvalue weighted by molar-refractivity contribution is 6.06. The Bertz CT molecular complexity index is 818. The number of carbonyl (C=O) groups excluding carboxylic acids is 1. The van der Waals surface area contributed by atoms with Crippen molar-refractivity contribution in [3.8, 4) is 0 Å². The molecular formula is C16H16N4O3. The van der Waals surface area contributed by atoms with Crippen LogP contribution in [0.15, 0.2) is 37.1 Å². The molecule has 2 aromatic rings. The van der Waals surface area contributed by atoms with Crippen molar-refractivity contribution in [1.82, 2.24) is 9.88 Å². The van der Waals surface area contributed by atoms with Crippen LogP contribution >= 0.6 is 0 Å². The van der Waals surface area contributed by atoms with Crippen molar-refractivity contribution in [2.45, 2.75) is 6.92 Å². The Hall–Kier alpha value is -2.96. The van der Waals surface area contributed by atoms with E-state index < -0.39 is 4.92 Å². The highest BCUT2D eigenvalue weighted by Crippen LogP contribution is 2.35. The molecule has 0 saturated carbocycles. The summed E-state index contributed by atoms with van der Waals surface area (Å²) in [6.07, 6.45) is 3.26. The van der Waals surface area contributed by atoms with Gasteiger partial charge >= 0.3 is 6.03 Å². The number of para-hydroxylation sites is 1. The zero-order valence-corrected chi connectivity index (χ0v) is 12.7. The second-order valence-electron chi connectivity index (χ2n) is 5.39. The van der Waals surface area contributed by atoms with Gasteiger partial charge in [-0.25, -0.2) is 9.78 Å². The van der Waals surface area contributed by atoms with Gasteiger partial charge in [0.2, 0.25) is 0 Å². The number of hydrogen-bond acceptors (Lipinski definition) is 4. The van der Waals surface area contributed by atoms with E-state index in [1.54, 1.807) is 34.2 Å². The molecule has 118 valence electrons. The molecule has 0 spiro atoms. The van der Waals surface area contributed by atoms with E-state index in [1.807, 2.05) is 6.92 Å². The number of nitro groups is 1. The summed E-state index contributed by atoms with van der Waals surface area (Å²) in [6, 6.07) is 4.69. The van der Waals surface area contributed by atoms with Crippen LogP contribution in [0.1, 0.15) is 5.56 Å². The largest absolute Gasteiger partial charge is 0.324 e. The molecule has 0 radical (unpaired) electrons. The van der Waals surface area contributed by atoms with Gasteiger partial charge in [-0.3, -0.25) is 15.0 Å². The topological polar surface area (TPSA) is 79.6 Å². The Morgan fingerprint density at radius 1 is 1.43 bits per heavy atom. The van der Waals surface area contributed by atoms with Crippen molar-refractivity contribution in [2.75, 3.05) is 24.5 Å². The first-order valence-corrected chi connectivity index (χ1v) is 7.24. The lowest BCUT2D eigenvalue weighted by Gasteiger charge is -2.21. The average Bonchev–Trinajstić information content (AvgIpc) is 2.88. The van der Waals surface area contributed by atoms with E-state index in [0.717, 1.165) is 5.56 Å². The first-order chi connectivity index (χ1) is 11.0. The second-order valence-corrected chi connectivity index (χ2v) is 5.39. The molecule has 3 rings (SSSR count). The number of non-ortho nitro benzene ring substituents is 1. The van der Waals surface area contributed by atoms with Crippen molar-refractivity contribution in [3.63, 3.8) is 0 Å². The van der Waals surface area contributed by atoms with Crippen LogP contribution in [0.5, 0.6) is 0 Å². The smallest absolute Gasteiger partial charge is 0.319 e. The number of aryl methyl sites for hydroxylation is 1. The molecule has 0 bridgehead atoms. The van der Waals surface area contributed by atoms with E-state index in [1.165, 1.54) is 6.07 Å². The average molecular weight is 312 g/mol. The number of nitro benzene ring substituents is 1. The highest BCUT2D eigenvalue weighted by Gasteiger charge is 2.31. The van der Waals surface area contributed by atoms with Gasteiger partial charge in [0.25, 0.3) is 5.69 Å². The second kappa shape index (κ2) is 5.68. The zero-order chi connectivity index (χ0) is 16.6. The number of rotatable bonds is 4. The number of benzene rings is 1. The van der Waals surface area contributed by atoms with Crippen LogP contribution in [0, 0.1) is 17.0 Å². The van der Waals surface area contributed by atoms with Gasteiger partial charge in [-0.15, -0.1) is 6.58 Å². The maximum absolute atomic E-state index is 12.6. The lowest BCUT2D eigenvalue weighted by molar-refractivity contribution is -0.383. The fourth-order valence-corrected chi connectivity index (χ4v) is 2.91. The molecule has 1 aromatic carbocycles. The Morgan fingerprint density at radius 3 is 2.91 bits per heavy atom. The summed E-state index contributed by atoms with van der Waals surface area (Å²) in [5.74, 6) is 0. The number of urea groups is 1. The summed E-state index contributed by atoms with van der Waals surface area (Å²) in [4.78, 5) is 30.9. The molecule has 23 heavy (non-hydrogen) atoms. The number of pyridine rings is 1. The summed E-state index contributed by atoms with van der Waals surface area (Å²) in [7, 11) is 0. The first kappa shape index (κ1) is 15.0. The lowest BCUT2D eigenvalue weighted by atomic mass is 10.1. The third kappa shape index (κ3) is 2.40. The lowest BCUT2D eigenvalue weighted by Crippen LogP contribution is -2.32. The van der Waals surface area contributed by atoms with E-state index in [9.17, 15) is 14.9 Å². The summed E-state index contributed by atoms with van der Waals surface area (Å²) in [6.45, 7) is 7.13. The number of anilines is 1. The highest BCUT2D eigenvalue weighted by atomic mass is 16.6. The van der Waals surface area contributed by atoms with Crippen LogP contribution in [-0.4, -0.2) is 40.5 Å². The summed E-state index contributed by atoms with van der Waals surface area (Å²) in [5.41, 5.74) is 1.74. The van der Waals surface area contributed by atoms with Crippen molar-refractivity contribution < 1.29 is 9.72 Å². The molecule has 0 atom stereocenters. The van der Waals surface area contributed by atoms with Crippen molar-refractivity contribution in [1.29, 1.82) is 0 Å². The molecule has 2 heterocycles. The molecule has 1 aliphatic heterocycles. The Labute approximate surface area is 133 Å². The van der Waals surface area contributed by atoms with Crippen molar-refractivity contribution >= 4 is 28.3 Å². The fraction of sp³-hybridized carbons (Fsp3) is 0.250. The molecule has 1 aliphatic rings. The van der Waals surface area contributed by atoms with Crippen LogP contribution in [0.4, 0.5) is 16.2 Å². The Morgan fingerprint density at radius 2 is 2.22 bits per heavy atom. The van der Waals surface area contributed by atoms with Crippen molar-refractivity contribution in [2.24, 2.45) is 0 Å². The van der Waals surface area contributed by atoms with Gasteiger partial charge in [-0.1, -0.05) is 18.2 Å². The third-order valence-corrected chi connectivity index (χ3v) is 3.94. The van der Waals surface area contributed by atoms with Crippen LogP contribution in [-0.2, 0) is 0 Å². The Balaban J connectivity index is 2.16. The minimum atomic E-state index is -0.454. The van der Waals surface area contributed by atoms with Crippen LogP contribution in [0.3, 0.4) is 0 Å². The number of nitrogens with zero attached hydrogens (tertiary/aromatic N) is 4. The SMILES string of the molecule is C=CCN1CCN(c2c(C)cnc3c([N+](=O)[O-])cccc23)C1=O. The van der Waals surface area contributed by atoms with E-state index in [0.29, 0.717) is 36.2 Å². The number of carbonyl (C=O) groups is 1. The van der Waals surface area contributed by atoms with Crippen LogP contribution in [0.25, 0.3) is 10.9 Å². The van der Waals surface area contributed by atoms with Gasteiger partial charge in [0, 0.05) is 37.3 Å². The normalized spacial score (nSPS) is 14.6. The number of amides is 2. The molecule has 0 N–H and O–H groups in total. The van der Waals surface area contributed by atoms with Gasteiger partial charge in [-0.2, -0.15) is 0 Å². The predicted octanol–water partition coefficient (Wildman–Crippen LogP) is 2.88.